The van der Waals surface area contributed by atoms with Gasteiger partial charge in [0.25, 0.3) is 0 Å². The zero-order chi connectivity index (χ0) is 15.0. The summed E-state index contributed by atoms with van der Waals surface area (Å²) in [6, 6.07) is 5.34. The van der Waals surface area contributed by atoms with E-state index in [0.717, 1.165) is 5.36 Å². The van der Waals surface area contributed by atoms with Gasteiger partial charge in [0, 0.05) is 25.6 Å². The number of aliphatic hydroxyl groups excluding tert-OH is 1. The van der Waals surface area contributed by atoms with E-state index in [2.05, 4.69) is 15.9 Å². The lowest BCUT2D eigenvalue weighted by Gasteiger charge is -2.20. The average molecular weight is 280 g/mol. The second kappa shape index (κ2) is 4.91. The number of terminal acetylenes is 1. The normalized spacial score (nSPS) is 18.3. The Morgan fingerprint density at radius 3 is 3.05 bits per heavy atom. The predicted molar refractivity (Wildman–Crippen MR) is 76.4 cm³/mol. The number of hydrogen-bond donors (Lipinski definition) is 1. The van der Waals surface area contributed by atoms with Crippen LogP contribution in [0.3, 0.4) is 0 Å². The minimum atomic E-state index is -0.668. The van der Waals surface area contributed by atoms with Crippen molar-refractivity contribution in [2.75, 3.05) is 7.05 Å². The number of carbonyl (C=O) groups is 1. The molecule has 1 heterocycles. The van der Waals surface area contributed by atoms with Gasteiger partial charge in [0.2, 0.25) is 5.78 Å². The molecule has 2 aliphatic carbocycles. The van der Waals surface area contributed by atoms with Gasteiger partial charge in [-0.1, -0.05) is 0 Å². The van der Waals surface area contributed by atoms with Crippen molar-refractivity contribution < 1.29 is 14.3 Å². The zero-order valence-electron chi connectivity index (χ0n) is 11.3. The summed E-state index contributed by atoms with van der Waals surface area (Å²) in [5.41, 5.74) is 1.08. The van der Waals surface area contributed by atoms with Gasteiger partial charge in [0.15, 0.2) is 17.3 Å². The summed E-state index contributed by atoms with van der Waals surface area (Å²) in [6.45, 7) is 0. The molecule has 0 aromatic rings. The molecule has 0 fully saturated rings. The van der Waals surface area contributed by atoms with E-state index in [4.69, 9.17) is 10.8 Å². The second-order valence-corrected chi connectivity index (χ2v) is 4.69. The van der Waals surface area contributed by atoms with Gasteiger partial charge in [0.1, 0.15) is 5.69 Å². The molecule has 1 aliphatic heterocycles. The number of carbonyl (C=O) groups excluding carboxylic acids is 1. The van der Waals surface area contributed by atoms with Gasteiger partial charge in [-0.2, -0.15) is 0 Å². The molecule has 5 heteroatoms. The van der Waals surface area contributed by atoms with Gasteiger partial charge in [-0.3, -0.25) is 9.79 Å². The number of aliphatic hydroxyl groups is 1. The third kappa shape index (κ3) is 2.11. The van der Waals surface area contributed by atoms with Crippen LogP contribution in [0.25, 0.3) is 17.5 Å². The first-order chi connectivity index (χ1) is 10.1. The first-order valence-electron chi connectivity index (χ1n) is 6.40. The van der Waals surface area contributed by atoms with Crippen LogP contribution in [-0.4, -0.2) is 22.9 Å². The van der Waals surface area contributed by atoms with Crippen LogP contribution in [0.15, 0.2) is 33.4 Å². The van der Waals surface area contributed by atoms with Crippen LogP contribution in [0.2, 0.25) is 0 Å². The molecule has 5 nitrogen and oxygen atoms in total. The minimum Gasteiger partial charge on any atom is -0.504 e. The molecule has 0 aromatic heterocycles. The predicted octanol–water partition coefficient (Wildman–Crippen LogP) is 1.90. The largest absolute Gasteiger partial charge is 0.504 e. The van der Waals surface area contributed by atoms with E-state index in [9.17, 15) is 9.90 Å². The Morgan fingerprint density at radius 2 is 2.33 bits per heavy atom. The quantitative estimate of drug-likeness (QED) is 0.809. The summed E-state index contributed by atoms with van der Waals surface area (Å²) in [6.07, 6.45) is 6.75. The summed E-state index contributed by atoms with van der Waals surface area (Å²) >= 11 is 0. The smallest absolute Gasteiger partial charge is 0.207 e. The van der Waals surface area contributed by atoms with Gasteiger partial charge >= 0.3 is 0 Å². The van der Waals surface area contributed by atoms with Crippen molar-refractivity contribution in [3.8, 4) is 23.8 Å². The van der Waals surface area contributed by atoms with Crippen molar-refractivity contribution in [3.63, 3.8) is 0 Å². The molecule has 0 spiro atoms. The molecule has 0 saturated carbocycles. The molecular weight excluding hydrogens is 268 g/mol. The van der Waals surface area contributed by atoms with E-state index in [1.165, 1.54) is 6.08 Å². The van der Waals surface area contributed by atoms with Crippen LogP contribution in [0.4, 0.5) is 0 Å². The van der Waals surface area contributed by atoms with Gasteiger partial charge in [-0.15, -0.1) is 12.3 Å². The number of Topliss-reactive ketones (excluding diaryl/α,β-unsaturated/α-hetero) is 1. The fourth-order valence-electron chi connectivity index (χ4n) is 2.33. The molecule has 3 rings (SSSR count). The third-order valence-corrected chi connectivity index (χ3v) is 3.40. The number of ketones is 1. The number of nitrogens with zero attached hydrogens (tertiary/aromatic N) is 2. The van der Waals surface area contributed by atoms with Crippen LogP contribution < -0.4 is 5.36 Å². The molecule has 3 aliphatic rings. The first kappa shape index (κ1) is 13.1. The highest BCUT2D eigenvalue weighted by atomic mass is 16.3. The van der Waals surface area contributed by atoms with E-state index in [1.807, 2.05) is 6.07 Å². The SMILES string of the molecule is C#CCC1C(=O)C(O)=Cc2oc3cc(=NC)ccc-3nc21. The number of rotatable bonds is 1. The Labute approximate surface area is 121 Å². The summed E-state index contributed by atoms with van der Waals surface area (Å²) in [5, 5.41) is 10.5. The van der Waals surface area contributed by atoms with E-state index in [0.29, 0.717) is 22.9 Å². The highest BCUT2D eigenvalue weighted by Crippen LogP contribution is 2.34. The van der Waals surface area contributed by atoms with Crippen LogP contribution in [-0.2, 0) is 4.79 Å². The molecule has 0 bridgehead atoms. The van der Waals surface area contributed by atoms with E-state index >= 15 is 0 Å². The lowest BCUT2D eigenvalue weighted by atomic mass is 9.89. The van der Waals surface area contributed by atoms with Crippen molar-refractivity contribution in [1.29, 1.82) is 0 Å². The maximum absolute atomic E-state index is 12.0. The average Bonchev–Trinajstić information content (AvgIpc) is 2.49. The van der Waals surface area contributed by atoms with Crippen molar-refractivity contribution in [1.82, 2.24) is 4.98 Å². The number of allylic oxidation sites excluding steroid dienone is 1. The summed E-state index contributed by atoms with van der Waals surface area (Å²) in [7, 11) is 1.68. The van der Waals surface area contributed by atoms with Crippen molar-refractivity contribution >= 4 is 11.9 Å². The fraction of sp³-hybridized carbons (Fsp3) is 0.188. The lowest BCUT2D eigenvalue weighted by Crippen LogP contribution is -2.21. The summed E-state index contributed by atoms with van der Waals surface area (Å²) in [5.74, 6) is 1.88. The van der Waals surface area contributed by atoms with E-state index in [-0.39, 0.29) is 12.2 Å². The van der Waals surface area contributed by atoms with Crippen LogP contribution in [0, 0.1) is 12.3 Å². The van der Waals surface area contributed by atoms with Crippen molar-refractivity contribution in [3.05, 3.63) is 40.8 Å². The van der Waals surface area contributed by atoms with Crippen LogP contribution in [0.5, 0.6) is 0 Å². The van der Waals surface area contributed by atoms with Crippen LogP contribution in [0.1, 0.15) is 23.8 Å². The van der Waals surface area contributed by atoms with Gasteiger partial charge in [-0.05, 0) is 12.1 Å². The molecule has 0 aromatic carbocycles. The standard InChI is InChI=1S/C16H12N2O3/c1-3-4-10-15-14(8-12(19)16(10)20)21-13-7-9(17-2)5-6-11(13)18-15/h1,5-8,10,19H,4H2,2H3. The topological polar surface area (TPSA) is 75.7 Å². The number of hydrogen-bond acceptors (Lipinski definition) is 5. The Hall–Kier alpha value is -2.87. The summed E-state index contributed by atoms with van der Waals surface area (Å²) < 4.78 is 5.74. The molecule has 0 amide bonds. The second-order valence-electron chi connectivity index (χ2n) is 4.69. The Kier molecular flexibility index (Phi) is 3.07. The summed E-state index contributed by atoms with van der Waals surface area (Å²) in [4.78, 5) is 20.5. The van der Waals surface area contributed by atoms with Crippen molar-refractivity contribution in [2.45, 2.75) is 12.3 Å². The van der Waals surface area contributed by atoms with Gasteiger partial charge in [0.05, 0.1) is 17.0 Å². The Balaban J connectivity index is 2.27. The van der Waals surface area contributed by atoms with E-state index < -0.39 is 11.7 Å². The number of fused-ring (bicyclic) bond motifs is 2. The molecular formula is C16H12N2O3. The Morgan fingerprint density at radius 1 is 1.52 bits per heavy atom. The monoisotopic (exact) mass is 280 g/mol. The van der Waals surface area contributed by atoms with Crippen molar-refractivity contribution in [2.24, 2.45) is 4.99 Å². The number of benzene rings is 1. The van der Waals surface area contributed by atoms with Gasteiger partial charge < -0.3 is 9.52 Å². The molecule has 1 unspecified atom stereocenters. The van der Waals surface area contributed by atoms with Gasteiger partial charge in [-0.25, -0.2) is 4.98 Å². The molecule has 0 radical (unpaired) electrons. The third-order valence-electron chi connectivity index (χ3n) is 3.40. The highest BCUT2D eigenvalue weighted by Gasteiger charge is 2.33. The molecule has 0 saturated heterocycles. The lowest BCUT2D eigenvalue weighted by molar-refractivity contribution is -0.119. The maximum atomic E-state index is 12.0. The molecule has 21 heavy (non-hydrogen) atoms. The zero-order valence-corrected chi connectivity index (χ0v) is 11.3. The number of aromatic nitrogens is 1. The maximum Gasteiger partial charge on any atom is 0.207 e. The Bertz CT molecular complexity index is 839. The minimum absolute atomic E-state index is 0.167. The molecule has 1 N–H and O–H groups in total. The molecule has 104 valence electrons. The van der Waals surface area contributed by atoms with Crippen LogP contribution >= 0.6 is 0 Å². The molecule has 1 atom stereocenters. The highest BCUT2D eigenvalue weighted by molar-refractivity contribution is 6.04. The fourth-order valence-corrected chi connectivity index (χ4v) is 2.33. The first-order valence-corrected chi connectivity index (χ1v) is 6.40. The van der Waals surface area contributed by atoms with E-state index in [1.54, 1.807) is 19.2 Å².